The summed E-state index contributed by atoms with van der Waals surface area (Å²) in [6.45, 7) is 0.477. The minimum absolute atomic E-state index is 0.132. The van der Waals surface area contributed by atoms with Crippen molar-refractivity contribution in [1.82, 2.24) is 4.90 Å². The van der Waals surface area contributed by atoms with Gasteiger partial charge in [0.2, 0.25) is 0 Å². The summed E-state index contributed by atoms with van der Waals surface area (Å²) in [6.07, 6.45) is 0.852. The van der Waals surface area contributed by atoms with Gasteiger partial charge in [-0.2, -0.15) is 0 Å². The Bertz CT molecular complexity index is 517. The summed E-state index contributed by atoms with van der Waals surface area (Å²) in [5.74, 6) is -0.408. The van der Waals surface area contributed by atoms with E-state index < -0.39 is 0 Å². The molecule has 0 aliphatic rings. The lowest BCUT2D eigenvalue weighted by molar-refractivity contribution is -0.140. The molecule has 0 heterocycles. The molecular formula is C14H18N2O3S. The molecule has 0 fully saturated rings. The van der Waals surface area contributed by atoms with Gasteiger partial charge in [0.25, 0.3) is 5.91 Å². The number of benzene rings is 1. The van der Waals surface area contributed by atoms with Crippen molar-refractivity contribution in [2.45, 2.75) is 12.8 Å². The highest BCUT2D eigenvalue weighted by Gasteiger charge is 2.13. The number of nitrogens with two attached hydrogens (primary N) is 1. The molecule has 5 nitrogen and oxygen atoms in total. The van der Waals surface area contributed by atoms with Crippen LogP contribution in [0.15, 0.2) is 24.3 Å². The molecule has 1 aromatic rings. The number of carbonyl (C=O) groups is 2. The van der Waals surface area contributed by atoms with Crippen molar-refractivity contribution in [3.05, 3.63) is 35.4 Å². The van der Waals surface area contributed by atoms with Crippen molar-refractivity contribution in [3.63, 3.8) is 0 Å². The second-order valence-electron chi connectivity index (χ2n) is 4.35. The molecule has 0 aliphatic heterocycles. The Kier molecular flexibility index (Phi) is 6.11. The first kappa shape index (κ1) is 16.1. The first-order chi connectivity index (χ1) is 9.45. The van der Waals surface area contributed by atoms with Crippen LogP contribution in [0.1, 0.15) is 28.8 Å². The summed E-state index contributed by atoms with van der Waals surface area (Å²) in [5, 5.41) is 0. The van der Waals surface area contributed by atoms with E-state index in [1.807, 2.05) is 0 Å². The van der Waals surface area contributed by atoms with E-state index >= 15 is 0 Å². The van der Waals surface area contributed by atoms with E-state index in [4.69, 9.17) is 18.0 Å². The normalized spacial score (nSPS) is 9.90. The van der Waals surface area contributed by atoms with Crippen LogP contribution in [0.3, 0.4) is 0 Å². The Balaban J connectivity index is 2.62. The minimum Gasteiger partial charge on any atom is -0.469 e. The van der Waals surface area contributed by atoms with E-state index in [-0.39, 0.29) is 16.9 Å². The third-order valence-electron chi connectivity index (χ3n) is 2.84. The fraction of sp³-hybridized carbons (Fsp3) is 0.357. The molecule has 1 rings (SSSR count). The number of esters is 1. The maximum atomic E-state index is 12.2. The molecule has 2 N–H and O–H groups in total. The predicted molar refractivity (Wildman–Crippen MR) is 80.5 cm³/mol. The molecule has 0 bridgehead atoms. The van der Waals surface area contributed by atoms with Gasteiger partial charge in [-0.1, -0.05) is 24.4 Å². The Morgan fingerprint density at radius 2 is 2.00 bits per heavy atom. The Hall–Kier alpha value is -1.95. The Morgan fingerprint density at radius 1 is 1.35 bits per heavy atom. The van der Waals surface area contributed by atoms with Gasteiger partial charge in [0.15, 0.2) is 0 Å². The molecule has 0 unspecified atom stereocenters. The number of thiocarbonyl (C=S) groups is 1. The van der Waals surface area contributed by atoms with Crippen LogP contribution in [0.4, 0.5) is 0 Å². The van der Waals surface area contributed by atoms with Gasteiger partial charge in [0, 0.05) is 31.1 Å². The average molecular weight is 294 g/mol. The molecular weight excluding hydrogens is 276 g/mol. The van der Waals surface area contributed by atoms with E-state index in [1.165, 1.54) is 7.11 Å². The van der Waals surface area contributed by atoms with Crippen molar-refractivity contribution in [3.8, 4) is 0 Å². The number of amides is 1. The van der Waals surface area contributed by atoms with Crippen molar-refractivity contribution in [1.29, 1.82) is 0 Å². The molecule has 1 aromatic carbocycles. The number of ether oxygens (including phenoxy) is 1. The Labute approximate surface area is 123 Å². The number of hydrogen-bond acceptors (Lipinski definition) is 4. The molecule has 0 saturated carbocycles. The number of methoxy groups -OCH3 is 1. The van der Waals surface area contributed by atoms with E-state index in [0.29, 0.717) is 30.5 Å². The minimum atomic E-state index is -0.277. The van der Waals surface area contributed by atoms with E-state index in [9.17, 15) is 9.59 Å². The van der Waals surface area contributed by atoms with Gasteiger partial charge < -0.3 is 15.4 Å². The van der Waals surface area contributed by atoms with E-state index in [1.54, 1.807) is 36.2 Å². The fourth-order valence-electron chi connectivity index (χ4n) is 1.69. The summed E-state index contributed by atoms with van der Waals surface area (Å²) in [4.78, 5) is 25.0. The number of carbonyl (C=O) groups excluding carboxylic acids is 2. The van der Waals surface area contributed by atoms with Gasteiger partial charge in [-0.25, -0.2) is 0 Å². The maximum Gasteiger partial charge on any atom is 0.305 e. The third kappa shape index (κ3) is 4.62. The van der Waals surface area contributed by atoms with Gasteiger partial charge >= 0.3 is 5.97 Å². The van der Waals surface area contributed by atoms with Crippen LogP contribution in [0.2, 0.25) is 0 Å². The smallest absolute Gasteiger partial charge is 0.305 e. The van der Waals surface area contributed by atoms with Gasteiger partial charge in [-0.3, -0.25) is 9.59 Å². The summed E-state index contributed by atoms with van der Waals surface area (Å²) < 4.78 is 4.55. The zero-order valence-electron chi connectivity index (χ0n) is 11.6. The van der Waals surface area contributed by atoms with Crippen molar-refractivity contribution in [2.24, 2.45) is 5.73 Å². The van der Waals surface area contributed by atoms with Crippen LogP contribution < -0.4 is 5.73 Å². The molecule has 0 aliphatic carbocycles. The van der Waals surface area contributed by atoms with Crippen LogP contribution >= 0.6 is 12.2 Å². The fourth-order valence-corrected chi connectivity index (χ4v) is 1.82. The second-order valence-corrected chi connectivity index (χ2v) is 4.79. The first-order valence-corrected chi connectivity index (χ1v) is 6.58. The Morgan fingerprint density at radius 3 is 2.60 bits per heavy atom. The quantitative estimate of drug-likeness (QED) is 0.633. The highest BCUT2D eigenvalue weighted by atomic mass is 32.1. The number of hydrogen-bond donors (Lipinski definition) is 1. The van der Waals surface area contributed by atoms with Crippen LogP contribution in [0, 0.1) is 0 Å². The van der Waals surface area contributed by atoms with Crippen LogP contribution in [-0.4, -0.2) is 42.5 Å². The molecule has 0 radical (unpaired) electrons. The third-order valence-corrected chi connectivity index (χ3v) is 3.08. The summed E-state index contributed by atoms with van der Waals surface area (Å²) in [5.41, 5.74) is 6.73. The van der Waals surface area contributed by atoms with Crippen molar-refractivity contribution in [2.75, 3.05) is 20.7 Å². The lowest BCUT2D eigenvalue weighted by Crippen LogP contribution is -2.28. The molecule has 6 heteroatoms. The standard InChI is InChI=1S/C14H18N2O3S/c1-16(8-4-7-12(17)19-2)14(18)11-6-3-5-10(9-11)13(15)20/h3,5-6,9H,4,7-8H2,1-2H3,(H2,15,20). The number of nitrogens with zero attached hydrogens (tertiary/aromatic N) is 1. The van der Waals surface area contributed by atoms with Gasteiger partial charge in [0.05, 0.1) is 7.11 Å². The number of rotatable bonds is 6. The lowest BCUT2D eigenvalue weighted by Gasteiger charge is -2.17. The lowest BCUT2D eigenvalue weighted by atomic mass is 10.1. The van der Waals surface area contributed by atoms with Crippen molar-refractivity contribution < 1.29 is 14.3 Å². The molecule has 108 valence electrons. The summed E-state index contributed by atoms with van der Waals surface area (Å²) >= 11 is 4.89. The SMILES string of the molecule is COC(=O)CCCN(C)C(=O)c1cccc(C(N)=S)c1. The largest absolute Gasteiger partial charge is 0.469 e. The van der Waals surface area contributed by atoms with Crippen LogP contribution in [-0.2, 0) is 9.53 Å². The van der Waals surface area contributed by atoms with Crippen LogP contribution in [0.5, 0.6) is 0 Å². The first-order valence-electron chi connectivity index (χ1n) is 6.18. The van der Waals surface area contributed by atoms with E-state index in [0.717, 1.165) is 0 Å². The summed E-state index contributed by atoms with van der Waals surface area (Å²) in [6, 6.07) is 6.88. The summed E-state index contributed by atoms with van der Waals surface area (Å²) in [7, 11) is 3.03. The maximum absolute atomic E-state index is 12.2. The zero-order valence-corrected chi connectivity index (χ0v) is 12.4. The van der Waals surface area contributed by atoms with Gasteiger partial charge in [-0.05, 0) is 18.6 Å². The predicted octanol–water partition coefficient (Wildman–Crippen LogP) is 1.35. The highest BCUT2D eigenvalue weighted by Crippen LogP contribution is 2.08. The van der Waals surface area contributed by atoms with Gasteiger partial charge in [0.1, 0.15) is 4.99 Å². The molecule has 0 spiro atoms. The van der Waals surface area contributed by atoms with Crippen LogP contribution in [0.25, 0.3) is 0 Å². The average Bonchev–Trinajstić information content (AvgIpc) is 2.46. The zero-order chi connectivity index (χ0) is 15.1. The van der Waals surface area contributed by atoms with E-state index in [2.05, 4.69) is 4.74 Å². The molecule has 0 saturated heterocycles. The topological polar surface area (TPSA) is 72.6 Å². The highest BCUT2D eigenvalue weighted by molar-refractivity contribution is 7.80. The monoisotopic (exact) mass is 294 g/mol. The second kappa shape index (κ2) is 7.59. The van der Waals surface area contributed by atoms with Gasteiger partial charge in [-0.15, -0.1) is 0 Å². The molecule has 1 amide bonds. The molecule has 0 atom stereocenters. The molecule has 20 heavy (non-hydrogen) atoms. The molecule has 0 aromatic heterocycles. The van der Waals surface area contributed by atoms with Crippen molar-refractivity contribution >= 4 is 29.1 Å².